The van der Waals surface area contributed by atoms with Crippen molar-refractivity contribution in [3.63, 3.8) is 0 Å². The van der Waals surface area contributed by atoms with Crippen LogP contribution in [0.5, 0.6) is 0 Å². The molecule has 1 aromatic rings. The Kier molecular flexibility index (Phi) is 6.96. The summed E-state index contributed by atoms with van der Waals surface area (Å²) in [5, 5.41) is 15.1. The molecule has 26 heavy (non-hydrogen) atoms. The third-order valence-corrected chi connectivity index (χ3v) is 3.93. The number of esters is 1. The van der Waals surface area contributed by atoms with Crippen molar-refractivity contribution in [1.82, 2.24) is 10.6 Å². The third kappa shape index (κ3) is 5.98. The highest BCUT2D eigenvalue weighted by Crippen LogP contribution is 2.25. The maximum atomic E-state index is 11.9. The van der Waals surface area contributed by atoms with Crippen LogP contribution in [0, 0.1) is 10.1 Å². The lowest BCUT2D eigenvalue weighted by Gasteiger charge is -2.07. The van der Waals surface area contributed by atoms with Gasteiger partial charge in [0.1, 0.15) is 4.90 Å². The van der Waals surface area contributed by atoms with Crippen LogP contribution in [0.25, 0.3) is 0 Å². The normalized spacial score (nSPS) is 10.5. The Bertz CT molecular complexity index is 863. The molecule has 0 spiro atoms. The zero-order valence-electron chi connectivity index (χ0n) is 13.6. The molecule has 2 N–H and O–H groups in total. The molecular formula is C14H15N3O8S. The van der Waals surface area contributed by atoms with E-state index in [1.807, 2.05) is 5.32 Å². The van der Waals surface area contributed by atoms with Crippen LogP contribution in [-0.4, -0.2) is 50.7 Å². The number of carbonyl (C=O) groups is 3. The summed E-state index contributed by atoms with van der Waals surface area (Å²) in [4.78, 5) is 44.0. The van der Waals surface area contributed by atoms with Crippen LogP contribution in [0.1, 0.15) is 10.4 Å². The Morgan fingerprint density at radius 1 is 1.35 bits per heavy atom. The number of imide groups is 1. The number of hydrogen-bond donors (Lipinski definition) is 2. The number of urea groups is 1. The van der Waals surface area contributed by atoms with Crippen molar-refractivity contribution in [2.45, 2.75) is 4.90 Å². The molecule has 140 valence electrons. The van der Waals surface area contributed by atoms with Crippen LogP contribution >= 0.6 is 0 Å². The van der Waals surface area contributed by atoms with E-state index in [-0.39, 0.29) is 12.1 Å². The van der Waals surface area contributed by atoms with Crippen LogP contribution in [0.15, 0.2) is 35.7 Å². The van der Waals surface area contributed by atoms with Crippen molar-refractivity contribution in [1.29, 1.82) is 0 Å². The van der Waals surface area contributed by atoms with E-state index >= 15 is 0 Å². The van der Waals surface area contributed by atoms with Gasteiger partial charge < -0.3 is 10.1 Å². The molecule has 1 aromatic carbocycles. The van der Waals surface area contributed by atoms with Gasteiger partial charge >= 0.3 is 12.0 Å². The van der Waals surface area contributed by atoms with E-state index in [1.165, 1.54) is 6.08 Å². The van der Waals surface area contributed by atoms with E-state index in [0.717, 1.165) is 24.5 Å². The molecule has 0 heterocycles. The summed E-state index contributed by atoms with van der Waals surface area (Å²) in [6.45, 7) is 2.67. The predicted octanol–water partition coefficient (Wildman–Crippen LogP) is 0.167. The van der Waals surface area contributed by atoms with Crippen molar-refractivity contribution in [3.05, 3.63) is 46.5 Å². The first-order chi connectivity index (χ1) is 12.1. The number of amides is 3. The second kappa shape index (κ2) is 8.71. The lowest BCUT2D eigenvalue weighted by molar-refractivity contribution is -0.387. The second-order valence-corrected chi connectivity index (χ2v) is 6.82. The molecule has 0 aromatic heterocycles. The number of rotatable bonds is 7. The number of sulfone groups is 1. The fourth-order valence-electron chi connectivity index (χ4n) is 1.69. The van der Waals surface area contributed by atoms with Gasteiger partial charge in [0, 0.05) is 18.9 Å². The monoisotopic (exact) mass is 385 g/mol. The van der Waals surface area contributed by atoms with Crippen molar-refractivity contribution in [2.24, 2.45) is 0 Å². The topological polar surface area (TPSA) is 162 Å². The zero-order chi connectivity index (χ0) is 19.9. The first-order valence-electron chi connectivity index (χ1n) is 6.90. The molecule has 0 saturated carbocycles. The van der Waals surface area contributed by atoms with Crippen LogP contribution in [-0.2, 0) is 19.4 Å². The van der Waals surface area contributed by atoms with Gasteiger partial charge in [-0.05, 0) is 12.1 Å². The molecular weight excluding hydrogens is 370 g/mol. The van der Waals surface area contributed by atoms with Gasteiger partial charge in [-0.2, -0.15) is 0 Å². The summed E-state index contributed by atoms with van der Waals surface area (Å²) in [6.07, 6.45) is 2.17. The Balaban J connectivity index is 2.81. The quantitative estimate of drug-likeness (QED) is 0.290. The number of nitro groups is 1. The molecule has 0 aliphatic rings. The standard InChI is InChI=1S/C14H15N3O8S/c1-3-6-15-14(20)16-12(18)8-25-13(19)9-4-5-11(26(2,23)24)10(7-9)17(21)22/h3-5,7H,1,6,8H2,2H3,(H2,15,16,18,20). The molecule has 3 amide bonds. The maximum Gasteiger partial charge on any atom is 0.338 e. The van der Waals surface area contributed by atoms with Crippen LogP contribution in [0.4, 0.5) is 10.5 Å². The molecule has 0 bridgehead atoms. The Labute approximate surface area is 148 Å². The predicted molar refractivity (Wildman–Crippen MR) is 88.2 cm³/mol. The van der Waals surface area contributed by atoms with Gasteiger partial charge in [-0.3, -0.25) is 20.2 Å². The van der Waals surface area contributed by atoms with E-state index < -0.39 is 49.9 Å². The molecule has 0 aliphatic carbocycles. The average molecular weight is 385 g/mol. The number of nitro benzene ring substituents is 1. The highest BCUT2D eigenvalue weighted by Gasteiger charge is 2.24. The summed E-state index contributed by atoms with van der Waals surface area (Å²) in [7, 11) is -3.88. The lowest BCUT2D eigenvalue weighted by atomic mass is 10.2. The van der Waals surface area contributed by atoms with E-state index in [2.05, 4.69) is 16.6 Å². The Morgan fingerprint density at radius 3 is 2.54 bits per heavy atom. The van der Waals surface area contributed by atoms with Crippen molar-refractivity contribution < 1.29 is 32.5 Å². The first-order valence-corrected chi connectivity index (χ1v) is 8.79. The zero-order valence-corrected chi connectivity index (χ0v) is 14.4. The van der Waals surface area contributed by atoms with Gasteiger partial charge in [0.25, 0.3) is 11.6 Å². The molecule has 12 heteroatoms. The SMILES string of the molecule is C=CCNC(=O)NC(=O)COC(=O)c1ccc(S(C)(=O)=O)c([N+](=O)[O-])c1. The summed E-state index contributed by atoms with van der Waals surface area (Å²) in [5.74, 6) is -2.03. The number of benzene rings is 1. The minimum atomic E-state index is -3.88. The first kappa shape index (κ1) is 20.8. The van der Waals surface area contributed by atoms with Gasteiger partial charge in [-0.25, -0.2) is 18.0 Å². The number of hydrogen-bond acceptors (Lipinski definition) is 8. The van der Waals surface area contributed by atoms with Gasteiger partial charge in [0.05, 0.1) is 10.5 Å². The van der Waals surface area contributed by atoms with Crippen LogP contribution in [0.2, 0.25) is 0 Å². The third-order valence-electron chi connectivity index (χ3n) is 2.79. The van der Waals surface area contributed by atoms with E-state index in [9.17, 15) is 32.9 Å². The highest BCUT2D eigenvalue weighted by atomic mass is 32.2. The Morgan fingerprint density at radius 2 is 2.00 bits per heavy atom. The van der Waals surface area contributed by atoms with Crippen LogP contribution in [0.3, 0.4) is 0 Å². The van der Waals surface area contributed by atoms with E-state index in [1.54, 1.807) is 0 Å². The van der Waals surface area contributed by atoms with Gasteiger partial charge in [-0.1, -0.05) is 6.08 Å². The van der Waals surface area contributed by atoms with Crippen molar-refractivity contribution >= 4 is 33.4 Å². The molecule has 0 fully saturated rings. The summed E-state index contributed by atoms with van der Waals surface area (Å²) < 4.78 is 27.7. The maximum absolute atomic E-state index is 11.9. The number of ether oxygens (including phenoxy) is 1. The van der Waals surface area contributed by atoms with Crippen molar-refractivity contribution in [3.8, 4) is 0 Å². The largest absolute Gasteiger partial charge is 0.452 e. The number of carbonyl (C=O) groups excluding carboxylic acids is 3. The molecule has 0 unspecified atom stereocenters. The van der Waals surface area contributed by atoms with Gasteiger partial charge in [0.15, 0.2) is 16.4 Å². The molecule has 0 saturated heterocycles. The summed E-state index contributed by atoms with van der Waals surface area (Å²) in [5.41, 5.74) is -1.12. The Hall–Kier alpha value is -3.28. The molecule has 0 radical (unpaired) electrons. The summed E-state index contributed by atoms with van der Waals surface area (Å²) in [6, 6.07) is 1.82. The molecule has 1 rings (SSSR count). The van der Waals surface area contributed by atoms with Crippen molar-refractivity contribution in [2.75, 3.05) is 19.4 Å². The van der Waals surface area contributed by atoms with Gasteiger partial charge in [0.2, 0.25) is 0 Å². The smallest absolute Gasteiger partial charge is 0.338 e. The highest BCUT2D eigenvalue weighted by molar-refractivity contribution is 7.90. The second-order valence-electron chi connectivity index (χ2n) is 4.83. The minimum absolute atomic E-state index is 0.120. The summed E-state index contributed by atoms with van der Waals surface area (Å²) >= 11 is 0. The molecule has 0 atom stereocenters. The molecule has 11 nitrogen and oxygen atoms in total. The fraction of sp³-hybridized carbons (Fsp3) is 0.214. The molecule has 0 aliphatic heterocycles. The minimum Gasteiger partial charge on any atom is -0.452 e. The number of nitrogens with one attached hydrogen (secondary N) is 2. The lowest BCUT2D eigenvalue weighted by Crippen LogP contribution is -2.41. The fourth-order valence-corrected chi connectivity index (χ4v) is 2.52. The number of nitrogens with zero attached hydrogens (tertiary/aromatic N) is 1. The van der Waals surface area contributed by atoms with Crippen LogP contribution < -0.4 is 10.6 Å². The van der Waals surface area contributed by atoms with E-state index in [4.69, 9.17) is 0 Å². The average Bonchev–Trinajstić information content (AvgIpc) is 2.56. The van der Waals surface area contributed by atoms with Gasteiger partial charge in [-0.15, -0.1) is 6.58 Å². The van der Waals surface area contributed by atoms with E-state index in [0.29, 0.717) is 0 Å².